The molecule has 1 N–H and O–H groups in total. The maximum absolute atomic E-state index is 12.6. The van der Waals surface area contributed by atoms with Gasteiger partial charge in [0.2, 0.25) is 5.91 Å². The van der Waals surface area contributed by atoms with E-state index in [9.17, 15) is 9.90 Å². The van der Waals surface area contributed by atoms with Gasteiger partial charge in [-0.2, -0.15) is 0 Å². The molecule has 3 heterocycles. The third-order valence-corrected chi connectivity index (χ3v) is 5.04. The van der Waals surface area contributed by atoms with E-state index in [1.807, 2.05) is 17.6 Å². The van der Waals surface area contributed by atoms with Crippen molar-refractivity contribution in [3.05, 3.63) is 35.5 Å². The molecule has 116 valence electrons. The van der Waals surface area contributed by atoms with Gasteiger partial charge in [-0.25, -0.2) is 0 Å². The molecule has 4 heteroatoms. The van der Waals surface area contributed by atoms with Crippen molar-refractivity contribution in [2.75, 3.05) is 13.1 Å². The number of aliphatic hydroxyl groups is 1. The van der Waals surface area contributed by atoms with E-state index in [0.29, 0.717) is 13.0 Å². The van der Waals surface area contributed by atoms with Crippen LogP contribution in [0, 0.1) is 0 Å². The zero-order valence-electron chi connectivity index (χ0n) is 13.0. The zero-order chi connectivity index (χ0) is 15.3. The van der Waals surface area contributed by atoms with E-state index in [2.05, 4.69) is 23.1 Å². The van der Waals surface area contributed by atoms with Crippen LogP contribution >= 0.6 is 0 Å². The molecule has 4 rings (SSSR count). The fraction of sp³-hybridized carbons (Fsp3) is 0.500. The van der Waals surface area contributed by atoms with E-state index < -0.39 is 0 Å². The van der Waals surface area contributed by atoms with Crippen LogP contribution in [0.15, 0.2) is 24.3 Å². The topological polar surface area (TPSA) is 45.5 Å². The summed E-state index contributed by atoms with van der Waals surface area (Å²) in [6, 6.07) is 8.53. The maximum Gasteiger partial charge on any atom is 0.231 e. The number of para-hydroxylation sites is 1. The largest absolute Gasteiger partial charge is 0.392 e. The van der Waals surface area contributed by atoms with Crippen LogP contribution in [0.4, 0.5) is 0 Å². The number of hydrogen-bond acceptors (Lipinski definition) is 3. The van der Waals surface area contributed by atoms with E-state index in [1.54, 1.807) is 0 Å². The Hall–Kier alpha value is -1.65. The van der Waals surface area contributed by atoms with Crippen LogP contribution in [-0.2, 0) is 6.42 Å². The Kier molecular flexibility index (Phi) is 3.31. The van der Waals surface area contributed by atoms with Gasteiger partial charge in [-0.15, -0.1) is 0 Å². The van der Waals surface area contributed by atoms with Crippen molar-refractivity contribution in [3.63, 3.8) is 0 Å². The van der Waals surface area contributed by atoms with Crippen LogP contribution < -0.4 is 0 Å². The first-order chi connectivity index (χ1) is 10.7. The second kappa shape index (κ2) is 5.21. The molecular formula is C18H22N2O2. The molecular weight excluding hydrogens is 276 g/mol. The first kappa shape index (κ1) is 14.0. The quantitative estimate of drug-likeness (QED) is 0.927. The Labute approximate surface area is 130 Å². The van der Waals surface area contributed by atoms with E-state index in [-0.39, 0.29) is 18.1 Å². The summed E-state index contributed by atoms with van der Waals surface area (Å²) in [7, 11) is 0. The second-order valence-electron chi connectivity index (χ2n) is 6.61. The highest BCUT2D eigenvalue weighted by Gasteiger charge is 2.36. The molecule has 0 saturated heterocycles. The van der Waals surface area contributed by atoms with Crippen molar-refractivity contribution in [2.45, 2.75) is 44.8 Å². The number of aliphatic hydroxyl groups excluding tert-OH is 1. The fourth-order valence-electron chi connectivity index (χ4n) is 4.23. The molecule has 0 amide bonds. The number of nitrogens with zero attached hydrogens (tertiary/aromatic N) is 2. The average Bonchev–Trinajstić information content (AvgIpc) is 2.72. The summed E-state index contributed by atoms with van der Waals surface area (Å²) in [5, 5.41) is 11.0. The summed E-state index contributed by atoms with van der Waals surface area (Å²) >= 11 is 0. The average molecular weight is 298 g/mol. The molecule has 0 saturated carbocycles. The van der Waals surface area contributed by atoms with Crippen LogP contribution in [-0.4, -0.2) is 39.7 Å². The molecule has 2 aliphatic rings. The molecule has 1 aromatic heterocycles. The minimum atomic E-state index is -0.335. The third kappa shape index (κ3) is 2.02. The molecule has 22 heavy (non-hydrogen) atoms. The van der Waals surface area contributed by atoms with Gasteiger partial charge in [0.1, 0.15) is 0 Å². The number of β-amino-alcohol motifs (C(OH)–C–C–N with tert-alkyl or cyclic N) is 1. The molecule has 1 aromatic carbocycles. The van der Waals surface area contributed by atoms with E-state index in [1.165, 1.54) is 16.6 Å². The van der Waals surface area contributed by atoms with Crippen molar-refractivity contribution in [1.82, 2.24) is 9.47 Å². The minimum Gasteiger partial charge on any atom is -0.392 e. The molecule has 0 spiro atoms. The summed E-state index contributed by atoms with van der Waals surface area (Å²) in [5.74, 6) is 0.221. The second-order valence-corrected chi connectivity index (χ2v) is 6.61. The first-order valence-corrected chi connectivity index (χ1v) is 8.24. The van der Waals surface area contributed by atoms with Gasteiger partial charge in [-0.05, 0) is 37.8 Å². The van der Waals surface area contributed by atoms with Crippen LogP contribution in [0.2, 0.25) is 0 Å². The van der Waals surface area contributed by atoms with Gasteiger partial charge < -0.3 is 5.11 Å². The molecule has 2 unspecified atom stereocenters. The normalized spacial score (nSPS) is 23.4. The van der Waals surface area contributed by atoms with Crippen molar-refractivity contribution in [3.8, 4) is 0 Å². The highest BCUT2D eigenvalue weighted by Crippen LogP contribution is 2.41. The highest BCUT2D eigenvalue weighted by atomic mass is 16.3. The van der Waals surface area contributed by atoms with E-state index in [4.69, 9.17) is 0 Å². The van der Waals surface area contributed by atoms with Crippen LogP contribution in [0.3, 0.4) is 0 Å². The molecule has 0 fully saturated rings. The number of benzene rings is 1. The summed E-state index contributed by atoms with van der Waals surface area (Å²) in [6.07, 6.45) is 3.17. The summed E-state index contributed by atoms with van der Waals surface area (Å²) in [6.45, 7) is 3.48. The lowest BCUT2D eigenvalue weighted by atomic mass is 9.94. The fourth-order valence-corrected chi connectivity index (χ4v) is 4.23. The molecule has 2 aromatic rings. The number of carbonyl (C=O) groups excluding carboxylic acids is 1. The Balaban J connectivity index is 1.93. The smallest absolute Gasteiger partial charge is 0.231 e. The van der Waals surface area contributed by atoms with Gasteiger partial charge in [0.05, 0.1) is 17.7 Å². The monoisotopic (exact) mass is 298 g/mol. The van der Waals surface area contributed by atoms with Crippen LogP contribution in [0.5, 0.6) is 0 Å². The van der Waals surface area contributed by atoms with E-state index >= 15 is 0 Å². The predicted molar refractivity (Wildman–Crippen MR) is 86.1 cm³/mol. The van der Waals surface area contributed by atoms with Crippen molar-refractivity contribution in [2.24, 2.45) is 0 Å². The highest BCUT2D eigenvalue weighted by molar-refractivity contribution is 5.96. The number of fused-ring (bicyclic) bond motifs is 3. The number of hydrogen-bond donors (Lipinski definition) is 1. The van der Waals surface area contributed by atoms with Gasteiger partial charge in [0.15, 0.2) is 0 Å². The first-order valence-electron chi connectivity index (χ1n) is 8.24. The Morgan fingerprint density at radius 1 is 1.32 bits per heavy atom. The Morgan fingerprint density at radius 2 is 2.14 bits per heavy atom. The Bertz CT molecular complexity index is 732. The van der Waals surface area contributed by atoms with Gasteiger partial charge >= 0.3 is 0 Å². The number of rotatable bonds is 2. The Morgan fingerprint density at radius 3 is 2.95 bits per heavy atom. The molecule has 0 bridgehead atoms. The summed E-state index contributed by atoms with van der Waals surface area (Å²) in [4.78, 5) is 15.0. The SMILES string of the molecule is CC(O)CN1CCc2c3n(c4ccccc24)C(=O)CCCC31. The lowest BCUT2D eigenvalue weighted by Crippen LogP contribution is -2.40. The molecule has 0 radical (unpaired) electrons. The standard InChI is InChI=1S/C18H22N2O2/c1-12(21)11-19-10-9-14-13-5-2-3-6-15(13)20-17(22)8-4-7-16(19)18(14)20/h2-3,5-6,12,16,21H,4,7-11H2,1H3. The molecule has 0 aliphatic carbocycles. The lowest BCUT2D eigenvalue weighted by molar-refractivity contribution is 0.0859. The summed E-state index contributed by atoms with van der Waals surface area (Å²) < 4.78 is 1.97. The molecule has 4 nitrogen and oxygen atoms in total. The van der Waals surface area contributed by atoms with E-state index in [0.717, 1.165) is 31.3 Å². The number of carbonyl (C=O) groups is 1. The zero-order valence-corrected chi connectivity index (χ0v) is 13.0. The maximum atomic E-state index is 12.6. The predicted octanol–water partition coefficient (Wildman–Crippen LogP) is 2.75. The summed E-state index contributed by atoms with van der Waals surface area (Å²) in [5.41, 5.74) is 3.59. The van der Waals surface area contributed by atoms with Crippen molar-refractivity contribution >= 4 is 16.8 Å². The van der Waals surface area contributed by atoms with Gasteiger partial charge in [0.25, 0.3) is 0 Å². The van der Waals surface area contributed by atoms with Gasteiger partial charge in [-0.3, -0.25) is 14.3 Å². The third-order valence-electron chi connectivity index (χ3n) is 5.04. The van der Waals surface area contributed by atoms with Gasteiger partial charge in [0, 0.05) is 30.6 Å². The van der Waals surface area contributed by atoms with Crippen molar-refractivity contribution < 1.29 is 9.90 Å². The minimum absolute atomic E-state index is 0.221. The van der Waals surface area contributed by atoms with Gasteiger partial charge in [-0.1, -0.05) is 18.2 Å². The van der Waals surface area contributed by atoms with Crippen molar-refractivity contribution in [1.29, 1.82) is 0 Å². The molecule has 2 atom stereocenters. The molecule has 2 aliphatic heterocycles. The lowest BCUT2D eigenvalue weighted by Gasteiger charge is -2.36. The van der Waals surface area contributed by atoms with Crippen LogP contribution in [0.1, 0.15) is 48.3 Å². The number of aromatic nitrogens is 1. The van der Waals surface area contributed by atoms with Crippen LogP contribution in [0.25, 0.3) is 10.9 Å².